The third kappa shape index (κ3) is 15.2. The van der Waals surface area contributed by atoms with Gasteiger partial charge in [0.2, 0.25) is 5.88 Å². The summed E-state index contributed by atoms with van der Waals surface area (Å²) in [6.07, 6.45) is 8.81. The minimum absolute atomic E-state index is 0.101. The highest BCUT2D eigenvalue weighted by atomic mass is 19.4. The van der Waals surface area contributed by atoms with E-state index >= 15 is 0 Å². The number of allylic oxidation sites excluding steroid dienone is 2. The average Bonchev–Trinajstić information content (AvgIpc) is 2.92. The van der Waals surface area contributed by atoms with Gasteiger partial charge in [-0.05, 0) is 66.5 Å². The van der Waals surface area contributed by atoms with Crippen LogP contribution in [0, 0.1) is 12.3 Å². The molecule has 0 aliphatic heterocycles. The lowest BCUT2D eigenvalue weighted by Crippen LogP contribution is -2.09. The van der Waals surface area contributed by atoms with Crippen molar-refractivity contribution >= 4 is 18.1 Å². The molecule has 0 saturated heterocycles. The van der Waals surface area contributed by atoms with Gasteiger partial charge in [-0.2, -0.15) is 13.2 Å². The van der Waals surface area contributed by atoms with Crippen molar-refractivity contribution in [1.29, 1.82) is 0 Å². The molecule has 0 aliphatic carbocycles. The summed E-state index contributed by atoms with van der Waals surface area (Å²) < 4.78 is 51.1. The summed E-state index contributed by atoms with van der Waals surface area (Å²) >= 11 is 0. The van der Waals surface area contributed by atoms with Gasteiger partial charge in [-0.25, -0.2) is 4.98 Å². The summed E-state index contributed by atoms with van der Waals surface area (Å²) in [6.45, 7) is 18.0. The van der Waals surface area contributed by atoms with E-state index in [9.17, 15) is 18.0 Å². The number of unbranched alkanes of at least 4 members (excludes halogenated alkanes) is 7. The lowest BCUT2D eigenvalue weighted by Gasteiger charge is -2.16. The number of ether oxygens (including phenoxy) is 2. The van der Waals surface area contributed by atoms with E-state index in [1.807, 2.05) is 13.0 Å². The first kappa shape index (κ1) is 36.9. The van der Waals surface area contributed by atoms with Crippen LogP contribution in [0.5, 0.6) is 5.88 Å². The molecule has 1 aromatic heterocycles. The minimum Gasteiger partial charge on any atom is -0.478 e. The number of halogens is 3. The Bertz CT molecular complexity index is 1120. The standard InChI is InChI=1S/C29H36F3NO3.C6H14/c1-22(2)26(25-14-10-11-15-27(25)29(30,31)32)19-24-20-33-28(18-23(24)3)36-17-13-9-7-5-4-6-8-12-16-35-21-34;1-5-6(2,3)4/h10-11,14-15,18-21H,1,4-9,12-13,16-17H2,2-3H3;5H2,1-4H3/b26-19+;. The van der Waals surface area contributed by atoms with Crippen molar-refractivity contribution in [2.75, 3.05) is 13.2 Å². The zero-order valence-corrected chi connectivity index (χ0v) is 26.4. The molecule has 4 nitrogen and oxygen atoms in total. The van der Waals surface area contributed by atoms with Crippen molar-refractivity contribution in [2.45, 2.75) is 106 Å². The quantitative estimate of drug-likeness (QED) is 0.111. The molecule has 0 spiro atoms. The van der Waals surface area contributed by atoms with Crippen LogP contribution in [-0.4, -0.2) is 24.7 Å². The molecule has 0 fully saturated rings. The molecule has 7 heteroatoms. The third-order valence-corrected chi connectivity index (χ3v) is 6.94. The number of carbonyl (C=O) groups excluding carboxylic acids is 1. The van der Waals surface area contributed by atoms with Crippen LogP contribution >= 0.6 is 0 Å². The van der Waals surface area contributed by atoms with Crippen LogP contribution in [0.25, 0.3) is 11.6 Å². The molecule has 0 radical (unpaired) electrons. The number of carbonyl (C=O) groups is 1. The molecule has 1 heterocycles. The fraction of sp³-hybridized carbons (Fsp3) is 0.543. The Balaban J connectivity index is 0.00000132. The Morgan fingerprint density at radius 1 is 0.952 bits per heavy atom. The van der Waals surface area contributed by atoms with Crippen molar-refractivity contribution in [3.8, 4) is 5.88 Å². The van der Waals surface area contributed by atoms with E-state index in [0.717, 1.165) is 55.7 Å². The van der Waals surface area contributed by atoms with Gasteiger partial charge in [0.15, 0.2) is 0 Å². The number of aryl methyl sites for hydroxylation is 1. The molecule has 0 atom stereocenters. The number of benzene rings is 1. The summed E-state index contributed by atoms with van der Waals surface area (Å²) in [5.74, 6) is 0.509. The van der Waals surface area contributed by atoms with Crippen LogP contribution in [0.4, 0.5) is 13.2 Å². The fourth-order valence-corrected chi connectivity index (χ4v) is 3.90. The van der Waals surface area contributed by atoms with Gasteiger partial charge in [-0.3, -0.25) is 4.79 Å². The highest BCUT2D eigenvalue weighted by Crippen LogP contribution is 2.37. The van der Waals surface area contributed by atoms with Crippen molar-refractivity contribution in [3.63, 3.8) is 0 Å². The largest absolute Gasteiger partial charge is 0.478 e. The Kier molecular flexibility index (Phi) is 16.9. The van der Waals surface area contributed by atoms with Crippen LogP contribution in [0.15, 0.2) is 48.7 Å². The molecule has 0 unspecified atom stereocenters. The van der Waals surface area contributed by atoms with Crippen LogP contribution in [0.2, 0.25) is 0 Å². The molecule has 1 aromatic carbocycles. The SMILES string of the molecule is C=C(C)/C(=C\c1cnc(OCCCCCCCCCCOC=O)cc1C)c1ccccc1C(F)(F)F.CCC(C)(C)C. The first-order valence-corrected chi connectivity index (χ1v) is 15.0. The molecule has 42 heavy (non-hydrogen) atoms. The first-order chi connectivity index (χ1) is 19.8. The topological polar surface area (TPSA) is 48.4 Å². The number of hydrogen-bond donors (Lipinski definition) is 0. The third-order valence-electron chi connectivity index (χ3n) is 6.94. The molecule has 0 amide bonds. The zero-order valence-electron chi connectivity index (χ0n) is 26.4. The molecular weight excluding hydrogens is 539 g/mol. The number of rotatable bonds is 16. The zero-order chi connectivity index (χ0) is 31.6. The van der Waals surface area contributed by atoms with E-state index in [0.29, 0.717) is 42.1 Å². The number of aromatic nitrogens is 1. The predicted molar refractivity (Wildman–Crippen MR) is 167 cm³/mol. The Morgan fingerprint density at radius 2 is 1.50 bits per heavy atom. The number of nitrogens with zero attached hydrogens (tertiary/aromatic N) is 1. The fourth-order valence-electron chi connectivity index (χ4n) is 3.90. The normalized spacial score (nSPS) is 11.9. The van der Waals surface area contributed by atoms with Gasteiger partial charge in [0.05, 0.1) is 18.8 Å². The van der Waals surface area contributed by atoms with Gasteiger partial charge in [0, 0.05) is 12.3 Å². The lowest BCUT2D eigenvalue weighted by molar-refractivity contribution is -0.137. The number of alkyl halides is 3. The van der Waals surface area contributed by atoms with Crippen LogP contribution < -0.4 is 4.74 Å². The van der Waals surface area contributed by atoms with Gasteiger partial charge in [0.1, 0.15) is 0 Å². The van der Waals surface area contributed by atoms with Crippen LogP contribution in [0.3, 0.4) is 0 Å². The first-order valence-electron chi connectivity index (χ1n) is 15.0. The minimum atomic E-state index is -4.46. The van der Waals surface area contributed by atoms with Gasteiger partial charge < -0.3 is 9.47 Å². The monoisotopic (exact) mass is 589 g/mol. The summed E-state index contributed by atoms with van der Waals surface area (Å²) in [6, 6.07) is 7.34. The van der Waals surface area contributed by atoms with E-state index in [1.165, 1.54) is 31.4 Å². The molecule has 0 saturated carbocycles. The second-order valence-electron chi connectivity index (χ2n) is 11.8. The molecule has 2 rings (SSSR count). The second kappa shape index (κ2) is 19.2. The maximum atomic E-state index is 13.5. The Labute approximate surface area is 251 Å². The highest BCUT2D eigenvalue weighted by molar-refractivity contribution is 5.91. The van der Waals surface area contributed by atoms with Gasteiger partial charge in [-0.15, -0.1) is 0 Å². The smallest absolute Gasteiger partial charge is 0.417 e. The summed E-state index contributed by atoms with van der Waals surface area (Å²) in [5.41, 5.74) is 2.50. The van der Waals surface area contributed by atoms with E-state index in [2.05, 4.69) is 44.0 Å². The number of hydrogen-bond acceptors (Lipinski definition) is 4. The van der Waals surface area contributed by atoms with Crippen molar-refractivity contribution in [1.82, 2.24) is 4.98 Å². The van der Waals surface area contributed by atoms with Crippen molar-refractivity contribution in [2.24, 2.45) is 5.41 Å². The van der Waals surface area contributed by atoms with Gasteiger partial charge in [0.25, 0.3) is 6.47 Å². The van der Waals surface area contributed by atoms with E-state index < -0.39 is 11.7 Å². The summed E-state index contributed by atoms with van der Waals surface area (Å²) in [4.78, 5) is 14.4. The maximum absolute atomic E-state index is 13.5. The highest BCUT2D eigenvalue weighted by Gasteiger charge is 2.33. The predicted octanol–water partition coefficient (Wildman–Crippen LogP) is 10.6. The molecule has 0 bridgehead atoms. The van der Waals surface area contributed by atoms with Gasteiger partial charge >= 0.3 is 6.18 Å². The molecular formula is C35H50F3NO3. The van der Waals surface area contributed by atoms with E-state index in [4.69, 9.17) is 4.74 Å². The molecule has 2 aromatic rings. The van der Waals surface area contributed by atoms with Gasteiger partial charge in [-0.1, -0.05) is 103 Å². The van der Waals surface area contributed by atoms with Crippen molar-refractivity contribution in [3.05, 3.63) is 70.9 Å². The van der Waals surface area contributed by atoms with E-state index in [1.54, 1.807) is 25.3 Å². The Hall–Kier alpha value is -3.09. The maximum Gasteiger partial charge on any atom is 0.417 e. The number of pyridine rings is 1. The summed E-state index contributed by atoms with van der Waals surface area (Å²) in [7, 11) is 0. The molecule has 0 aliphatic rings. The molecule has 234 valence electrons. The second-order valence-corrected chi connectivity index (χ2v) is 11.8. The molecule has 0 N–H and O–H groups in total. The van der Waals surface area contributed by atoms with Crippen LogP contribution in [0.1, 0.15) is 115 Å². The average molecular weight is 590 g/mol. The van der Waals surface area contributed by atoms with Crippen molar-refractivity contribution < 1.29 is 27.4 Å². The van der Waals surface area contributed by atoms with Crippen LogP contribution in [-0.2, 0) is 15.7 Å². The summed E-state index contributed by atoms with van der Waals surface area (Å²) in [5, 5.41) is 0. The lowest BCUT2D eigenvalue weighted by atomic mass is 9.93. The van der Waals surface area contributed by atoms with E-state index in [-0.39, 0.29) is 5.56 Å². The Morgan fingerprint density at radius 3 is 2.00 bits per heavy atom.